The van der Waals surface area contributed by atoms with E-state index in [0.717, 1.165) is 0 Å². The molecule has 1 aliphatic rings. The monoisotopic (exact) mass is 265 g/mol. The van der Waals surface area contributed by atoms with Crippen LogP contribution in [-0.4, -0.2) is 53.7 Å². The molecule has 2 heterocycles. The summed E-state index contributed by atoms with van der Waals surface area (Å²) in [5.74, 6) is -0.0767. The maximum Gasteiger partial charge on any atom is 0.165 e. The highest BCUT2D eigenvalue weighted by molar-refractivity contribution is 5.81. The Balaban J connectivity index is 2.04. The molecule has 0 bridgehead atoms. The van der Waals surface area contributed by atoms with E-state index < -0.39 is 12.2 Å². The molecule has 1 aliphatic carbocycles. The number of nitrogen functional groups attached to an aromatic ring is 1. The molecule has 5 N–H and O–H groups in total. The van der Waals surface area contributed by atoms with Gasteiger partial charge >= 0.3 is 0 Å². The highest BCUT2D eigenvalue weighted by Gasteiger charge is 2.42. The fourth-order valence-electron chi connectivity index (χ4n) is 2.67. The van der Waals surface area contributed by atoms with Crippen LogP contribution in [0.25, 0.3) is 11.2 Å². The molecule has 4 atom stereocenters. The molecule has 2 aromatic heterocycles. The lowest BCUT2D eigenvalue weighted by molar-refractivity contribution is -0.00370. The van der Waals surface area contributed by atoms with Crippen LogP contribution in [0, 0.1) is 5.92 Å². The molecule has 4 unspecified atom stereocenters. The Morgan fingerprint density at radius 1 is 1.26 bits per heavy atom. The van der Waals surface area contributed by atoms with Crippen molar-refractivity contribution in [3.05, 3.63) is 12.7 Å². The molecule has 102 valence electrons. The summed E-state index contributed by atoms with van der Waals surface area (Å²) >= 11 is 0. The summed E-state index contributed by atoms with van der Waals surface area (Å²) in [6.07, 6.45) is 1.39. The molecule has 0 spiro atoms. The zero-order chi connectivity index (χ0) is 13.6. The molecule has 0 aliphatic heterocycles. The lowest BCUT2D eigenvalue weighted by atomic mass is 10.1. The predicted octanol–water partition coefficient (Wildman–Crippen LogP) is -1.32. The van der Waals surface area contributed by atoms with E-state index in [4.69, 9.17) is 5.73 Å². The second-order valence-corrected chi connectivity index (χ2v) is 4.81. The van der Waals surface area contributed by atoms with E-state index in [1.54, 1.807) is 4.57 Å². The van der Waals surface area contributed by atoms with Crippen LogP contribution in [0.15, 0.2) is 12.7 Å². The van der Waals surface area contributed by atoms with Crippen LogP contribution < -0.4 is 5.73 Å². The Morgan fingerprint density at radius 2 is 2.05 bits per heavy atom. The Kier molecular flexibility index (Phi) is 2.85. The number of hydrogen-bond acceptors (Lipinski definition) is 7. The van der Waals surface area contributed by atoms with Crippen LogP contribution in [0.2, 0.25) is 0 Å². The van der Waals surface area contributed by atoms with Crippen molar-refractivity contribution in [2.24, 2.45) is 5.92 Å². The number of anilines is 1. The largest absolute Gasteiger partial charge is 0.396 e. The first-order chi connectivity index (χ1) is 9.13. The highest BCUT2D eigenvalue weighted by Crippen LogP contribution is 2.36. The number of rotatable bonds is 2. The maximum atomic E-state index is 10.1. The Morgan fingerprint density at radius 3 is 2.74 bits per heavy atom. The number of nitrogens with zero attached hydrogens (tertiary/aromatic N) is 4. The van der Waals surface area contributed by atoms with Crippen molar-refractivity contribution < 1.29 is 15.3 Å². The maximum absolute atomic E-state index is 10.1. The van der Waals surface area contributed by atoms with Crippen LogP contribution in [0.1, 0.15) is 12.5 Å². The highest BCUT2D eigenvalue weighted by atomic mass is 16.3. The number of aliphatic hydroxyl groups is 3. The number of aromatic nitrogens is 4. The summed E-state index contributed by atoms with van der Waals surface area (Å²) in [5, 5.41) is 29.1. The minimum Gasteiger partial charge on any atom is -0.396 e. The normalized spacial score (nSPS) is 31.1. The summed E-state index contributed by atoms with van der Waals surface area (Å²) < 4.78 is 1.68. The summed E-state index contributed by atoms with van der Waals surface area (Å²) in [7, 11) is 0. The second kappa shape index (κ2) is 4.41. The van der Waals surface area contributed by atoms with Gasteiger partial charge in [-0.25, -0.2) is 15.0 Å². The van der Waals surface area contributed by atoms with Crippen molar-refractivity contribution in [2.45, 2.75) is 24.7 Å². The molecule has 0 saturated heterocycles. The van der Waals surface area contributed by atoms with Crippen LogP contribution in [0.5, 0.6) is 0 Å². The van der Waals surface area contributed by atoms with Crippen molar-refractivity contribution in [3.8, 4) is 0 Å². The number of hydrogen-bond donors (Lipinski definition) is 4. The third kappa shape index (κ3) is 1.76. The van der Waals surface area contributed by atoms with Crippen LogP contribution in [0.4, 0.5) is 5.82 Å². The van der Waals surface area contributed by atoms with E-state index in [2.05, 4.69) is 15.0 Å². The molecule has 1 saturated carbocycles. The second-order valence-electron chi connectivity index (χ2n) is 4.81. The van der Waals surface area contributed by atoms with Crippen molar-refractivity contribution in [2.75, 3.05) is 12.3 Å². The first-order valence-corrected chi connectivity index (χ1v) is 6.03. The van der Waals surface area contributed by atoms with Crippen molar-refractivity contribution in [1.82, 2.24) is 19.5 Å². The molecule has 19 heavy (non-hydrogen) atoms. The molecule has 2 aromatic rings. The molecule has 0 amide bonds. The van der Waals surface area contributed by atoms with Gasteiger partial charge in [0.1, 0.15) is 17.9 Å². The molecule has 3 rings (SSSR count). The summed E-state index contributed by atoms with van der Waals surface area (Å²) in [5.41, 5.74) is 6.69. The average molecular weight is 265 g/mol. The quantitative estimate of drug-likeness (QED) is 0.530. The zero-order valence-corrected chi connectivity index (χ0v) is 10.1. The van der Waals surface area contributed by atoms with Crippen molar-refractivity contribution in [1.29, 1.82) is 0 Å². The van der Waals surface area contributed by atoms with Gasteiger partial charge in [-0.2, -0.15) is 0 Å². The van der Waals surface area contributed by atoms with Gasteiger partial charge in [-0.05, 0) is 6.42 Å². The van der Waals surface area contributed by atoms with Crippen LogP contribution in [-0.2, 0) is 0 Å². The van der Waals surface area contributed by atoms with E-state index in [1.165, 1.54) is 12.7 Å². The summed E-state index contributed by atoms with van der Waals surface area (Å²) in [6, 6.07) is -0.383. The van der Waals surface area contributed by atoms with Gasteiger partial charge in [0.25, 0.3) is 0 Å². The van der Waals surface area contributed by atoms with Crippen LogP contribution >= 0.6 is 0 Å². The molecular formula is C11H15N5O3. The molecular weight excluding hydrogens is 250 g/mol. The zero-order valence-electron chi connectivity index (χ0n) is 10.1. The third-order valence-corrected chi connectivity index (χ3v) is 3.75. The van der Waals surface area contributed by atoms with Crippen molar-refractivity contribution in [3.63, 3.8) is 0 Å². The van der Waals surface area contributed by atoms with Gasteiger partial charge in [-0.1, -0.05) is 0 Å². The van der Waals surface area contributed by atoms with Gasteiger partial charge in [0.05, 0.1) is 18.5 Å². The number of imidazole rings is 1. The minimum absolute atomic E-state index is 0.168. The van der Waals surface area contributed by atoms with Crippen molar-refractivity contribution >= 4 is 17.0 Å². The Bertz CT molecular complexity index is 601. The molecule has 0 aromatic carbocycles. The van der Waals surface area contributed by atoms with E-state index >= 15 is 0 Å². The molecule has 8 heteroatoms. The first-order valence-electron chi connectivity index (χ1n) is 6.03. The Labute approximate surface area is 108 Å². The third-order valence-electron chi connectivity index (χ3n) is 3.75. The van der Waals surface area contributed by atoms with E-state index in [9.17, 15) is 15.3 Å². The topological polar surface area (TPSA) is 130 Å². The fraction of sp³-hybridized carbons (Fsp3) is 0.545. The van der Waals surface area contributed by atoms with E-state index in [0.29, 0.717) is 17.6 Å². The summed E-state index contributed by atoms with van der Waals surface area (Å²) in [4.78, 5) is 12.1. The van der Waals surface area contributed by atoms with Gasteiger partial charge in [0.2, 0.25) is 0 Å². The van der Waals surface area contributed by atoms with Gasteiger partial charge in [-0.15, -0.1) is 0 Å². The number of aliphatic hydroxyl groups excluding tert-OH is 3. The Hall–Kier alpha value is -1.77. The van der Waals surface area contributed by atoms with Gasteiger partial charge in [0.15, 0.2) is 11.5 Å². The first kappa shape index (κ1) is 12.3. The standard InChI is InChI=1S/C11H15N5O3/c12-10-7-11(14-3-13-10)16(4-15-7)6-1-5(2-17)8(18)9(6)19/h3-6,8-9,17-19H,1-2H2,(H2,12,13,14). The van der Waals surface area contributed by atoms with Crippen LogP contribution in [0.3, 0.4) is 0 Å². The lowest BCUT2D eigenvalue weighted by Gasteiger charge is -2.18. The smallest absolute Gasteiger partial charge is 0.165 e. The average Bonchev–Trinajstić information content (AvgIpc) is 2.94. The van der Waals surface area contributed by atoms with E-state index in [1.807, 2.05) is 0 Å². The SMILES string of the molecule is Nc1ncnc2c1ncn2C1CC(CO)C(O)C1O. The van der Waals surface area contributed by atoms with Gasteiger partial charge < -0.3 is 25.6 Å². The van der Waals surface area contributed by atoms with Gasteiger partial charge in [0, 0.05) is 12.5 Å². The summed E-state index contributed by atoms with van der Waals surface area (Å²) in [6.45, 7) is -0.168. The molecule has 1 fully saturated rings. The number of nitrogens with two attached hydrogens (primary N) is 1. The molecule has 8 nitrogen and oxygen atoms in total. The lowest BCUT2D eigenvalue weighted by Crippen LogP contribution is -2.30. The number of fused-ring (bicyclic) bond motifs is 1. The van der Waals surface area contributed by atoms with Gasteiger partial charge in [-0.3, -0.25) is 0 Å². The van der Waals surface area contributed by atoms with E-state index in [-0.39, 0.29) is 24.4 Å². The molecule has 0 radical (unpaired) electrons. The fourth-order valence-corrected chi connectivity index (χ4v) is 2.67. The predicted molar refractivity (Wildman–Crippen MR) is 66.0 cm³/mol. The minimum atomic E-state index is -0.967.